The second-order valence-corrected chi connectivity index (χ2v) is 3.49. The first-order chi connectivity index (χ1) is 7.15. The fraction of sp³-hybridized carbons (Fsp3) is 0.182. The van der Waals surface area contributed by atoms with Gasteiger partial charge in [-0.25, -0.2) is 17.9 Å². The minimum absolute atomic E-state index is 0. The lowest BCUT2D eigenvalue weighted by atomic mass is 10.2. The van der Waals surface area contributed by atoms with E-state index in [4.69, 9.17) is 0 Å². The molecular formula is C11H11BrF2N2. The fourth-order valence-corrected chi connectivity index (χ4v) is 1.46. The number of imidazole rings is 1. The Labute approximate surface area is 103 Å². The van der Waals surface area contributed by atoms with Crippen LogP contribution in [0.5, 0.6) is 0 Å². The first-order valence-corrected chi connectivity index (χ1v) is 4.60. The van der Waals surface area contributed by atoms with Crippen LogP contribution in [0.4, 0.5) is 8.78 Å². The fourth-order valence-electron chi connectivity index (χ4n) is 1.46. The second kappa shape index (κ2) is 5.21. The maximum absolute atomic E-state index is 13.3. The second-order valence-electron chi connectivity index (χ2n) is 3.49. The number of rotatable bonds is 2. The van der Waals surface area contributed by atoms with Gasteiger partial charge in [0.15, 0.2) is 0 Å². The SMILES string of the molecule is C[n+]1ccn(Cc2cc(F)ccc2F)c1.[Br-]. The Morgan fingerprint density at radius 2 is 2.06 bits per heavy atom. The summed E-state index contributed by atoms with van der Waals surface area (Å²) in [6.45, 7) is 0.338. The third kappa shape index (κ3) is 2.88. The van der Waals surface area contributed by atoms with E-state index in [-0.39, 0.29) is 22.8 Å². The highest BCUT2D eigenvalue weighted by molar-refractivity contribution is 5.18. The summed E-state index contributed by atoms with van der Waals surface area (Å²) in [6, 6.07) is 3.48. The number of aromatic nitrogens is 2. The molecule has 1 aromatic carbocycles. The van der Waals surface area contributed by atoms with Crippen molar-refractivity contribution >= 4 is 0 Å². The number of benzene rings is 1. The average molecular weight is 289 g/mol. The van der Waals surface area contributed by atoms with Crippen LogP contribution in [-0.4, -0.2) is 4.57 Å². The van der Waals surface area contributed by atoms with Crippen molar-refractivity contribution in [3.05, 3.63) is 54.1 Å². The molecule has 0 saturated carbocycles. The zero-order valence-corrected chi connectivity index (χ0v) is 10.3. The Balaban J connectivity index is 0.00000128. The quantitative estimate of drug-likeness (QED) is 0.604. The molecule has 2 rings (SSSR count). The van der Waals surface area contributed by atoms with Crippen LogP contribution in [0.25, 0.3) is 0 Å². The summed E-state index contributed by atoms with van der Waals surface area (Å²) in [5, 5.41) is 0. The number of aryl methyl sites for hydroxylation is 1. The minimum atomic E-state index is -0.414. The Morgan fingerprint density at radius 1 is 1.31 bits per heavy atom. The van der Waals surface area contributed by atoms with E-state index in [1.807, 2.05) is 30.3 Å². The molecule has 0 aliphatic heterocycles. The van der Waals surface area contributed by atoms with E-state index in [0.717, 1.165) is 12.1 Å². The molecule has 0 N–H and O–H groups in total. The van der Waals surface area contributed by atoms with E-state index in [1.165, 1.54) is 6.07 Å². The first kappa shape index (κ1) is 12.8. The predicted molar refractivity (Wildman–Crippen MR) is 51.1 cm³/mol. The molecule has 0 bridgehead atoms. The van der Waals surface area contributed by atoms with Gasteiger partial charge in [-0.05, 0) is 18.2 Å². The number of hydrogen-bond acceptors (Lipinski definition) is 0. The van der Waals surface area contributed by atoms with Crippen molar-refractivity contribution in [3.8, 4) is 0 Å². The van der Waals surface area contributed by atoms with Gasteiger partial charge < -0.3 is 17.0 Å². The lowest BCUT2D eigenvalue weighted by Crippen LogP contribution is -3.00. The average Bonchev–Trinajstić information content (AvgIpc) is 2.58. The van der Waals surface area contributed by atoms with Crippen molar-refractivity contribution in [2.24, 2.45) is 7.05 Å². The summed E-state index contributed by atoms with van der Waals surface area (Å²) in [4.78, 5) is 0. The Kier molecular flexibility index (Phi) is 4.18. The molecule has 1 heterocycles. The minimum Gasteiger partial charge on any atom is -1.00 e. The maximum atomic E-state index is 13.3. The van der Waals surface area contributed by atoms with Gasteiger partial charge in [-0.2, -0.15) is 0 Å². The molecule has 2 nitrogen and oxygen atoms in total. The van der Waals surface area contributed by atoms with Crippen LogP contribution in [0, 0.1) is 11.6 Å². The van der Waals surface area contributed by atoms with Crippen LogP contribution in [-0.2, 0) is 13.6 Å². The summed E-state index contributed by atoms with van der Waals surface area (Å²) in [7, 11) is 1.87. The van der Waals surface area contributed by atoms with Crippen molar-refractivity contribution < 1.29 is 30.3 Å². The molecule has 0 amide bonds. The number of hydrogen-bond donors (Lipinski definition) is 0. The molecule has 5 heteroatoms. The third-order valence-electron chi connectivity index (χ3n) is 2.18. The molecule has 0 unspecified atom stereocenters. The van der Waals surface area contributed by atoms with Crippen LogP contribution in [0.3, 0.4) is 0 Å². The largest absolute Gasteiger partial charge is 1.00 e. The highest BCUT2D eigenvalue weighted by Gasteiger charge is 2.07. The van der Waals surface area contributed by atoms with Crippen molar-refractivity contribution in [2.75, 3.05) is 0 Å². The molecule has 0 spiro atoms. The topological polar surface area (TPSA) is 8.81 Å². The summed E-state index contributed by atoms with van der Waals surface area (Å²) in [5.74, 6) is -0.796. The maximum Gasteiger partial charge on any atom is 0.243 e. The molecule has 16 heavy (non-hydrogen) atoms. The van der Waals surface area contributed by atoms with Gasteiger partial charge in [0, 0.05) is 5.56 Å². The molecule has 86 valence electrons. The van der Waals surface area contributed by atoms with Crippen LogP contribution in [0.2, 0.25) is 0 Å². The normalized spacial score (nSPS) is 9.94. The monoisotopic (exact) mass is 288 g/mol. The summed E-state index contributed by atoms with van der Waals surface area (Å²) in [5.41, 5.74) is 0.353. The van der Waals surface area contributed by atoms with E-state index < -0.39 is 5.82 Å². The summed E-state index contributed by atoms with van der Waals surface area (Å²) >= 11 is 0. The molecule has 0 atom stereocenters. The van der Waals surface area contributed by atoms with Crippen molar-refractivity contribution in [3.63, 3.8) is 0 Å². The van der Waals surface area contributed by atoms with E-state index in [1.54, 1.807) is 4.57 Å². The van der Waals surface area contributed by atoms with Gasteiger partial charge in [0.2, 0.25) is 6.33 Å². The first-order valence-electron chi connectivity index (χ1n) is 4.60. The Hall–Kier alpha value is -1.23. The molecule has 2 aromatic rings. The highest BCUT2D eigenvalue weighted by atomic mass is 79.9. The summed E-state index contributed by atoms with van der Waals surface area (Å²) in [6.07, 6.45) is 5.46. The molecule has 0 aliphatic carbocycles. The predicted octanol–water partition coefficient (Wildman–Crippen LogP) is -1.36. The van der Waals surface area contributed by atoms with E-state index >= 15 is 0 Å². The summed E-state index contributed by atoms with van der Waals surface area (Å²) < 4.78 is 29.8. The molecule has 1 aromatic heterocycles. The van der Waals surface area contributed by atoms with Crippen LogP contribution in [0.15, 0.2) is 36.9 Å². The van der Waals surface area contributed by atoms with E-state index in [0.29, 0.717) is 12.1 Å². The molecule has 0 radical (unpaired) electrons. The van der Waals surface area contributed by atoms with Crippen molar-refractivity contribution in [2.45, 2.75) is 6.54 Å². The van der Waals surface area contributed by atoms with Gasteiger partial charge in [0.05, 0.1) is 7.05 Å². The highest BCUT2D eigenvalue weighted by Crippen LogP contribution is 2.10. The van der Waals surface area contributed by atoms with Crippen LogP contribution in [0.1, 0.15) is 5.56 Å². The number of halogens is 3. The van der Waals surface area contributed by atoms with Crippen LogP contribution < -0.4 is 21.5 Å². The smallest absolute Gasteiger partial charge is 0.243 e. The van der Waals surface area contributed by atoms with Crippen molar-refractivity contribution in [1.29, 1.82) is 0 Å². The lowest BCUT2D eigenvalue weighted by Gasteiger charge is -2.00. The molecule has 0 saturated heterocycles. The zero-order chi connectivity index (χ0) is 10.8. The van der Waals surface area contributed by atoms with E-state index in [9.17, 15) is 8.78 Å². The third-order valence-corrected chi connectivity index (χ3v) is 2.18. The molecule has 0 fully saturated rings. The lowest BCUT2D eigenvalue weighted by molar-refractivity contribution is -0.671. The van der Waals surface area contributed by atoms with Gasteiger partial charge in [0.25, 0.3) is 0 Å². The number of nitrogens with zero attached hydrogens (tertiary/aromatic N) is 2. The van der Waals surface area contributed by atoms with E-state index in [2.05, 4.69) is 0 Å². The van der Waals surface area contributed by atoms with Gasteiger partial charge in [-0.3, -0.25) is 0 Å². The van der Waals surface area contributed by atoms with Crippen molar-refractivity contribution in [1.82, 2.24) is 4.57 Å². The Morgan fingerprint density at radius 3 is 2.69 bits per heavy atom. The molecule has 0 aliphatic rings. The standard InChI is InChI=1S/C11H11F2N2.BrH/c1-14-4-5-15(8-14)7-9-6-10(12)2-3-11(9)13;/h2-6,8H,7H2,1H3;1H/q+1;/p-1. The molecular weight excluding hydrogens is 278 g/mol. The van der Waals surface area contributed by atoms with Crippen LogP contribution >= 0.6 is 0 Å². The van der Waals surface area contributed by atoms with Gasteiger partial charge in [-0.1, -0.05) is 0 Å². The Bertz CT molecular complexity index is 483. The van der Waals surface area contributed by atoms with Gasteiger partial charge >= 0.3 is 0 Å². The zero-order valence-electron chi connectivity index (χ0n) is 8.70. The van der Waals surface area contributed by atoms with Gasteiger partial charge in [0.1, 0.15) is 30.6 Å². The van der Waals surface area contributed by atoms with Gasteiger partial charge in [-0.15, -0.1) is 0 Å².